The zero-order chi connectivity index (χ0) is 7.98. The number of halogens is 1. The molecule has 0 saturated heterocycles. The Labute approximate surface area is 65.2 Å². The maximum atomic E-state index is 10.4. The van der Waals surface area contributed by atoms with E-state index in [1.165, 1.54) is 4.90 Å². The van der Waals surface area contributed by atoms with Gasteiger partial charge in [-0.1, -0.05) is 11.8 Å². The van der Waals surface area contributed by atoms with Crippen molar-refractivity contribution < 1.29 is 4.79 Å². The zero-order valence-corrected chi connectivity index (χ0v) is 6.06. The van der Waals surface area contributed by atoms with Crippen molar-refractivity contribution in [3.8, 4) is 24.7 Å². The lowest BCUT2D eigenvalue weighted by molar-refractivity contribution is 0.233. The molecule has 0 aliphatic rings. The maximum absolute atomic E-state index is 10.4. The number of hydrogen-bond donors (Lipinski definition) is 0. The molecule has 0 unspecified atom stereocenters. The van der Waals surface area contributed by atoms with Crippen LogP contribution in [0.15, 0.2) is 0 Å². The Bertz CT molecular complexity index is 183. The van der Waals surface area contributed by atoms with Crippen LogP contribution in [0, 0.1) is 24.7 Å². The molecule has 0 spiro atoms. The molecule has 0 aromatic rings. The third-order valence-corrected chi connectivity index (χ3v) is 1.05. The van der Waals surface area contributed by atoms with Crippen LogP contribution >= 0.6 is 11.6 Å². The molecule has 52 valence electrons. The van der Waals surface area contributed by atoms with Gasteiger partial charge in [0.25, 0.3) is 0 Å². The van der Waals surface area contributed by atoms with Gasteiger partial charge >= 0.3 is 5.37 Å². The Morgan fingerprint density at radius 2 is 1.80 bits per heavy atom. The SMILES string of the molecule is C#CCN(CC#C)C(=O)Cl. The van der Waals surface area contributed by atoms with E-state index in [0.29, 0.717) is 0 Å². The topological polar surface area (TPSA) is 20.3 Å². The van der Waals surface area contributed by atoms with Gasteiger partial charge in [-0.3, -0.25) is 4.79 Å². The highest BCUT2D eigenvalue weighted by molar-refractivity contribution is 6.62. The molecule has 0 radical (unpaired) electrons. The number of nitrogens with zero attached hydrogens (tertiary/aromatic N) is 1. The van der Waals surface area contributed by atoms with Crippen molar-refractivity contribution in [3.05, 3.63) is 0 Å². The van der Waals surface area contributed by atoms with Crippen LogP contribution < -0.4 is 0 Å². The number of carbonyl (C=O) groups is 1. The summed E-state index contributed by atoms with van der Waals surface area (Å²) in [5.74, 6) is 4.52. The van der Waals surface area contributed by atoms with Crippen LogP contribution in [0.5, 0.6) is 0 Å². The summed E-state index contributed by atoms with van der Waals surface area (Å²) in [6, 6.07) is 0. The van der Waals surface area contributed by atoms with Crippen LogP contribution in [0.3, 0.4) is 0 Å². The summed E-state index contributed by atoms with van der Waals surface area (Å²) in [5, 5.41) is -0.615. The summed E-state index contributed by atoms with van der Waals surface area (Å²) in [4.78, 5) is 11.6. The number of carbonyl (C=O) groups excluding carboxylic acids is 1. The second kappa shape index (κ2) is 4.73. The average molecular weight is 156 g/mol. The van der Waals surface area contributed by atoms with Gasteiger partial charge in [-0.2, -0.15) is 0 Å². The van der Waals surface area contributed by atoms with Gasteiger partial charge < -0.3 is 4.90 Å². The van der Waals surface area contributed by atoms with Crippen molar-refractivity contribution in [1.29, 1.82) is 0 Å². The van der Waals surface area contributed by atoms with E-state index < -0.39 is 5.37 Å². The summed E-state index contributed by atoms with van der Waals surface area (Å²) >= 11 is 5.10. The Hall–Kier alpha value is -1.12. The molecule has 0 rings (SSSR count). The molecule has 0 aliphatic carbocycles. The molecule has 2 nitrogen and oxygen atoms in total. The van der Waals surface area contributed by atoms with Gasteiger partial charge in [0.05, 0.1) is 13.1 Å². The van der Waals surface area contributed by atoms with Gasteiger partial charge in [0.15, 0.2) is 0 Å². The van der Waals surface area contributed by atoms with E-state index in [-0.39, 0.29) is 13.1 Å². The Morgan fingerprint density at radius 1 is 1.40 bits per heavy atom. The molecule has 0 fully saturated rings. The summed E-state index contributed by atoms with van der Waals surface area (Å²) in [5.41, 5.74) is 0. The first-order chi connectivity index (χ1) is 4.72. The second-order valence-electron chi connectivity index (χ2n) is 1.52. The molecule has 0 saturated carbocycles. The van der Waals surface area contributed by atoms with E-state index in [4.69, 9.17) is 24.4 Å². The Morgan fingerprint density at radius 3 is 2.00 bits per heavy atom. The van der Waals surface area contributed by atoms with Crippen LogP contribution in [0.25, 0.3) is 0 Å². The van der Waals surface area contributed by atoms with E-state index >= 15 is 0 Å². The minimum Gasteiger partial charge on any atom is -0.307 e. The quantitative estimate of drug-likeness (QED) is 0.330. The van der Waals surface area contributed by atoms with E-state index in [1.54, 1.807) is 0 Å². The lowest BCUT2D eigenvalue weighted by Crippen LogP contribution is -2.26. The summed E-state index contributed by atoms with van der Waals surface area (Å²) in [6.07, 6.45) is 9.85. The van der Waals surface area contributed by atoms with Crippen LogP contribution in [0.4, 0.5) is 4.79 Å². The fourth-order valence-corrected chi connectivity index (χ4v) is 0.520. The van der Waals surface area contributed by atoms with Crippen molar-refractivity contribution in [3.63, 3.8) is 0 Å². The van der Waals surface area contributed by atoms with Crippen molar-refractivity contribution in [1.82, 2.24) is 4.90 Å². The average Bonchev–Trinajstić information content (AvgIpc) is 1.87. The van der Waals surface area contributed by atoms with Gasteiger partial charge in [-0.15, -0.1) is 12.8 Å². The van der Waals surface area contributed by atoms with E-state index in [9.17, 15) is 4.79 Å². The lowest BCUT2D eigenvalue weighted by atomic mass is 10.5. The molecule has 0 heterocycles. The highest BCUT2D eigenvalue weighted by atomic mass is 35.5. The summed E-state index contributed by atoms with van der Waals surface area (Å²) < 4.78 is 0. The largest absolute Gasteiger partial charge is 0.317 e. The first kappa shape index (κ1) is 8.88. The first-order valence-electron chi connectivity index (χ1n) is 2.53. The van der Waals surface area contributed by atoms with Gasteiger partial charge in [0.2, 0.25) is 0 Å². The normalized spacial score (nSPS) is 7.50. The van der Waals surface area contributed by atoms with Crippen LogP contribution in [-0.2, 0) is 0 Å². The molecular formula is C7H6ClNO. The fourth-order valence-electron chi connectivity index (χ4n) is 0.401. The molecule has 10 heavy (non-hydrogen) atoms. The molecule has 0 atom stereocenters. The fraction of sp³-hybridized carbons (Fsp3) is 0.286. The summed E-state index contributed by atoms with van der Waals surface area (Å²) in [6.45, 7) is 0.319. The first-order valence-corrected chi connectivity index (χ1v) is 2.91. The minimum atomic E-state index is -0.615. The third-order valence-electron chi connectivity index (χ3n) is 0.813. The van der Waals surface area contributed by atoms with Crippen LogP contribution in [0.1, 0.15) is 0 Å². The van der Waals surface area contributed by atoms with Gasteiger partial charge in [0.1, 0.15) is 0 Å². The molecule has 3 heteroatoms. The molecule has 1 amide bonds. The molecular weight excluding hydrogens is 150 g/mol. The van der Waals surface area contributed by atoms with Gasteiger partial charge in [0, 0.05) is 0 Å². The zero-order valence-electron chi connectivity index (χ0n) is 5.30. The standard InChI is InChI=1S/C7H6ClNO/c1-3-5-9(6-4-2)7(8)10/h1-2H,5-6H2. The number of rotatable bonds is 2. The Balaban J connectivity index is 3.90. The number of amides is 1. The van der Waals surface area contributed by atoms with Crippen molar-refractivity contribution in [2.45, 2.75) is 0 Å². The smallest absolute Gasteiger partial charge is 0.307 e. The Kier molecular flexibility index (Phi) is 4.20. The van der Waals surface area contributed by atoms with E-state index in [1.807, 2.05) is 0 Å². The molecule has 0 aromatic carbocycles. The minimum absolute atomic E-state index is 0.159. The van der Waals surface area contributed by atoms with Gasteiger partial charge in [-0.05, 0) is 11.6 Å². The monoisotopic (exact) mass is 155 g/mol. The van der Waals surface area contributed by atoms with Crippen LogP contribution in [0.2, 0.25) is 0 Å². The lowest BCUT2D eigenvalue weighted by Gasteiger charge is -2.11. The molecule has 0 aromatic heterocycles. The van der Waals surface area contributed by atoms with E-state index in [2.05, 4.69) is 11.8 Å². The van der Waals surface area contributed by atoms with Gasteiger partial charge in [-0.25, -0.2) is 0 Å². The predicted octanol–water partition coefficient (Wildman–Crippen LogP) is 0.914. The molecule has 0 aliphatic heterocycles. The van der Waals surface area contributed by atoms with Crippen molar-refractivity contribution in [2.75, 3.05) is 13.1 Å². The predicted molar refractivity (Wildman–Crippen MR) is 40.5 cm³/mol. The second-order valence-corrected chi connectivity index (χ2v) is 1.84. The van der Waals surface area contributed by atoms with Crippen LogP contribution in [-0.4, -0.2) is 23.4 Å². The highest BCUT2D eigenvalue weighted by Crippen LogP contribution is 1.93. The van der Waals surface area contributed by atoms with Crippen molar-refractivity contribution >= 4 is 17.0 Å². The number of hydrogen-bond acceptors (Lipinski definition) is 1. The number of terminal acetylenes is 2. The van der Waals surface area contributed by atoms with Crippen molar-refractivity contribution in [2.24, 2.45) is 0 Å². The highest BCUT2D eigenvalue weighted by Gasteiger charge is 2.05. The molecule has 0 N–H and O–H groups in total. The maximum Gasteiger partial charge on any atom is 0.317 e. The van der Waals surface area contributed by atoms with E-state index in [0.717, 1.165) is 0 Å². The summed E-state index contributed by atoms with van der Waals surface area (Å²) in [7, 11) is 0. The third kappa shape index (κ3) is 3.02. The molecule has 0 bridgehead atoms.